The summed E-state index contributed by atoms with van der Waals surface area (Å²) in [5, 5.41) is 17.8. The van der Waals surface area contributed by atoms with Gasteiger partial charge in [0, 0.05) is 25.9 Å². The molecular formula is C15H25NO6. The van der Waals surface area contributed by atoms with Gasteiger partial charge in [0.15, 0.2) is 0 Å². The van der Waals surface area contributed by atoms with Gasteiger partial charge in [0.2, 0.25) is 0 Å². The number of carbonyl (C=O) groups is 3. The van der Waals surface area contributed by atoms with Crippen LogP contribution in [0.2, 0.25) is 0 Å². The largest absolute Gasteiger partial charge is 0.481 e. The van der Waals surface area contributed by atoms with Crippen LogP contribution >= 0.6 is 0 Å². The van der Waals surface area contributed by atoms with Crippen LogP contribution < -0.4 is 0 Å². The lowest BCUT2D eigenvalue weighted by atomic mass is 9.80. The Hall–Kier alpha value is -1.79. The molecule has 1 heterocycles. The first kappa shape index (κ1) is 18.3. The number of likely N-dealkylation sites (tertiary alicyclic amines) is 1. The van der Waals surface area contributed by atoms with Gasteiger partial charge in [-0.15, -0.1) is 0 Å². The van der Waals surface area contributed by atoms with Crippen molar-refractivity contribution in [1.29, 1.82) is 0 Å². The monoisotopic (exact) mass is 315 g/mol. The fourth-order valence-electron chi connectivity index (χ4n) is 2.73. The molecule has 7 nitrogen and oxygen atoms in total. The van der Waals surface area contributed by atoms with Crippen molar-refractivity contribution < 1.29 is 29.3 Å². The van der Waals surface area contributed by atoms with E-state index in [2.05, 4.69) is 0 Å². The number of carboxylic acid groups (broad SMARTS) is 2. The number of nitrogens with zero attached hydrogens (tertiary/aromatic N) is 1. The Balaban J connectivity index is 2.56. The van der Waals surface area contributed by atoms with Crippen molar-refractivity contribution in [2.24, 2.45) is 11.8 Å². The molecule has 0 saturated carbocycles. The molecule has 1 aliphatic heterocycles. The van der Waals surface area contributed by atoms with Crippen molar-refractivity contribution >= 4 is 18.0 Å². The molecule has 0 atom stereocenters. The third-order valence-corrected chi connectivity index (χ3v) is 3.73. The molecule has 0 aromatic heterocycles. The molecule has 0 radical (unpaired) electrons. The maximum Gasteiger partial charge on any atom is 0.410 e. The predicted molar refractivity (Wildman–Crippen MR) is 78.5 cm³/mol. The van der Waals surface area contributed by atoms with Gasteiger partial charge in [-0.25, -0.2) is 4.79 Å². The molecule has 0 unspecified atom stereocenters. The van der Waals surface area contributed by atoms with Gasteiger partial charge in [-0.2, -0.15) is 0 Å². The lowest BCUT2D eigenvalue weighted by molar-refractivity contribution is -0.141. The standard InChI is InChI=1S/C15H25NO6/c1-15(2,3)22-14(21)16-6-4-10(5-7-16)11(8-12(17)18)9-13(19)20/h10-11H,4-9H2,1-3H3,(H,17,18)(H,19,20). The van der Waals surface area contributed by atoms with Crippen LogP contribution in [0.25, 0.3) is 0 Å². The highest BCUT2D eigenvalue weighted by molar-refractivity contribution is 5.71. The van der Waals surface area contributed by atoms with E-state index < -0.39 is 23.5 Å². The van der Waals surface area contributed by atoms with Gasteiger partial charge >= 0.3 is 18.0 Å². The molecule has 2 N–H and O–H groups in total. The SMILES string of the molecule is CC(C)(C)OC(=O)N1CCC(C(CC(=O)O)CC(=O)O)CC1. The summed E-state index contributed by atoms with van der Waals surface area (Å²) in [7, 11) is 0. The van der Waals surface area contributed by atoms with E-state index in [0.29, 0.717) is 25.9 Å². The first-order valence-corrected chi connectivity index (χ1v) is 7.50. The second kappa shape index (κ2) is 7.47. The maximum atomic E-state index is 12.0. The van der Waals surface area contributed by atoms with E-state index in [1.165, 1.54) is 0 Å². The average Bonchev–Trinajstić information content (AvgIpc) is 2.35. The van der Waals surface area contributed by atoms with Crippen LogP contribution in [0.15, 0.2) is 0 Å². The van der Waals surface area contributed by atoms with Crippen molar-refractivity contribution in [2.45, 2.75) is 52.1 Å². The molecule has 0 aromatic rings. The Kier molecular flexibility index (Phi) is 6.20. The number of ether oxygens (including phenoxy) is 1. The zero-order valence-corrected chi connectivity index (χ0v) is 13.4. The van der Waals surface area contributed by atoms with Gasteiger partial charge in [-0.05, 0) is 45.4 Å². The van der Waals surface area contributed by atoms with Crippen LogP contribution in [-0.4, -0.2) is 51.8 Å². The molecule has 1 amide bonds. The van der Waals surface area contributed by atoms with E-state index in [1.54, 1.807) is 25.7 Å². The van der Waals surface area contributed by atoms with Crippen molar-refractivity contribution in [1.82, 2.24) is 4.90 Å². The van der Waals surface area contributed by atoms with Gasteiger partial charge in [0.05, 0.1) is 0 Å². The number of aliphatic carboxylic acids is 2. The van der Waals surface area contributed by atoms with Crippen molar-refractivity contribution in [2.75, 3.05) is 13.1 Å². The Morgan fingerprint density at radius 1 is 1.09 bits per heavy atom. The maximum absolute atomic E-state index is 12.0. The van der Waals surface area contributed by atoms with Crippen molar-refractivity contribution in [3.8, 4) is 0 Å². The van der Waals surface area contributed by atoms with Gasteiger partial charge in [0.1, 0.15) is 5.60 Å². The van der Waals surface area contributed by atoms with Crippen LogP contribution in [0.4, 0.5) is 4.79 Å². The topological polar surface area (TPSA) is 104 Å². The molecule has 22 heavy (non-hydrogen) atoms. The molecule has 0 spiro atoms. The zero-order chi connectivity index (χ0) is 16.9. The number of hydrogen-bond acceptors (Lipinski definition) is 4. The second-order valence-electron chi connectivity index (χ2n) is 6.76. The number of hydrogen-bond donors (Lipinski definition) is 2. The van der Waals surface area contributed by atoms with E-state index >= 15 is 0 Å². The van der Waals surface area contributed by atoms with Crippen LogP contribution in [0.5, 0.6) is 0 Å². The summed E-state index contributed by atoms with van der Waals surface area (Å²) in [6, 6.07) is 0. The summed E-state index contributed by atoms with van der Waals surface area (Å²) in [5.74, 6) is -2.36. The number of amides is 1. The molecule has 126 valence electrons. The highest BCUT2D eigenvalue weighted by Crippen LogP contribution is 2.30. The molecule has 7 heteroatoms. The summed E-state index contributed by atoms with van der Waals surface area (Å²) in [6.07, 6.45) is 0.529. The Labute approximate surface area is 130 Å². The predicted octanol–water partition coefficient (Wildman–Crippen LogP) is 2.20. The third kappa shape index (κ3) is 6.32. The third-order valence-electron chi connectivity index (χ3n) is 3.73. The summed E-state index contributed by atoms with van der Waals surface area (Å²) in [5.41, 5.74) is -0.552. The van der Waals surface area contributed by atoms with Gasteiger partial charge < -0.3 is 19.8 Å². The quantitative estimate of drug-likeness (QED) is 0.806. The summed E-state index contributed by atoms with van der Waals surface area (Å²) in [4.78, 5) is 35.3. The van der Waals surface area contributed by atoms with Gasteiger partial charge in [-0.3, -0.25) is 9.59 Å². The second-order valence-corrected chi connectivity index (χ2v) is 6.76. The smallest absolute Gasteiger partial charge is 0.410 e. The summed E-state index contributed by atoms with van der Waals surface area (Å²) in [6.45, 7) is 6.33. The van der Waals surface area contributed by atoms with E-state index in [0.717, 1.165) is 0 Å². The first-order valence-electron chi connectivity index (χ1n) is 7.50. The molecule has 1 fully saturated rings. The van der Waals surface area contributed by atoms with E-state index in [1.807, 2.05) is 0 Å². The molecule has 0 aromatic carbocycles. The zero-order valence-electron chi connectivity index (χ0n) is 13.4. The Morgan fingerprint density at radius 2 is 1.55 bits per heavy atom. The first-order chi connectivity index (χ1) is 10.1. The highest BCUT2D eigenvalue weighted by atomic mass is 16.6. The minimum atomic E-state index is -0.985. The van der Waals surface area contributed by atoms with Crippen LogP contribution in [-0.2, 0) is 14.3 Å². The van der Waals surface area contributed by atoms with Gasteiger partial charge in [-0.1, -0.05) is 0 Å². The van der Waals surface area contributed by atoms with Crippen LogP contribution in [0.3, 0.4) is 0 Å². The minimum Gasteiger partial charge on any atom is -0.481 e. The Morgan fingerprint density at radius 3 is 1.91 bits per heavy atom. The van der Waals surface area contributed by atoms with Crippen molar-refractivity contribution in [3.05, 3.63) is 0 Å². The minimum absolute atomic E-state index is 0.00545. The highest BCUT2D eigenvalue weighted by Gasteiger charge is 2.32. The molecular weight excluding hydrogens is 290 g/mol. The summed E-state index contributed by atoms with van der Waals surface area (Å²) >= 11 is 0. The number of carbonyl (C=O) groups excluding carboxylic acids is 1. The van der Waals surface area contributed by atoms with Gasteiger partial charge in [0.25, 0.3) is 0 Å². The molecule has 1 rings (SSSR count). The summed E-state index contributed by atoms with van der Waals surface area (Å²) < 4.78 is 5.30. The number of carboxylic acids is 2. The lowest BCUT2D eigenvalue weighted by Crippen LogP contribution is -2.43. The van der Waals surface area contributed by atoms with E-state index in [9.17, 15) is 14.4 Å². The molecule has 0 aliphatic carbocycles. The molecule has 1 saturated heterocycles. The van der Waals surface area contributed by atoms with Crippen LogP contribution in [0, 0.1) is 11.8 Å². The number of piperidine rings is 1. The number of rotatable bonds is 5. The molecule has 1 aliphatic rings. The fourth-order valence-corrected chi connectivity index (χ4v) is 2.73. The van der Waals surface area contributed by atoms with Crippen LogP contribution in [0.1, 0.15) is 46.5 Å². The normalized spacial score (nSPS) is 16.6. The molecule has 0 bridgehead atoms. The lowest BCUT2D eigenvalue weighted by Gasteiger charge is -2.36. The average molecular weight is 315 g/mol. The van der Waals surface area contributed by atoms with Crippen molar-refractivity contribution in [3.63, 3.8) is 0 Å². The Bertz CT molecular complexity index is 404. The van der Waals surface area contributed by atoms with E-state index in [-0.39, 0.29) is 24.9 Å². The van der Waals surface area contributed by atoms with E-state index in [4.69, 9.17) is 14.9 Å². The fraction of sp³-hybridized carbons (Fsp3) is 0.800.